The summed E-state index contributed by atoms with van der Waals surface area (Å²) in [6.07, 6.45) is 6.27. The molecule has 0 radical (unpaired) electrons. The first-order chi connectivity index (χ1) is 18.1. The van der Waals surface area contributed by atoms with E-state index in [1.165, 1.54) is 28.2 Å². The molecule has 2 N–H and O–H groups in total. The van der Waals surface area contributed by atoms with Gasteiger partial charge in [-0.1, -0.05) is 19.9 Å². The average Bonchev–Trinajstić information content (AvgIpc) is 3.36. The molecule has 37 heavy (non-hydrogen) atoms. The number of carbonyl (C=O) groups excluding carboxylic acids is 2. The minimum Gasteiger partial charge on any atom is -0.497 e. The first-order valence-corrected chi connectivity index (χ1v) is 13.9. The van der Waals surface area contributed by atoms with Gasteiger partial charge in [0.2, 0.25) is 6.41 Å². The molecule has 9 heteroatoms. The van der Waals surface area contributed by atoms with Crippen molar-refractivity contribution in [2.45, 2.75) is 53.0 Å². The van der Waals surface area contributed by atoms with Crippen LogP contribution < -0.4 is 20.1 Å². The van der Waals surface area contributed by atoms with Crippen LogP contribution in [0, 0.1) is 0 Å². The molecule has 0 saturated heterocycles. The SMILES string of the molecule is CC.CCN(C=O)CCCN(CCCC1=CCc2c(cc(OC)cc2OC)CN1)C(=O)Nc1cccs1.[HH]. The number of thiophene rings is 1. The highest BCUT2D eigenvalue weighted by Gasteiger charge is 2.17. The molecule has 206 valence electrons. The molecule has 2 heterocycles. The Bertz CT molecular complexity index is 1000. The van der Waals surface area contributed by atoms with Crippen LogP contribution in [0.25, 0.3) is 0 Å². The fourth-order valence-electron chi connectivity index (χ4n) is 4.12. The predicted molar refractivity (Wildman–Crippen MR) is 154 cm³/mol. The summed E-state index contributed by atoms with van der Waals surface area (Å²) in [7, 11) is 3.34. The number of allylic oxidation sites excluding steroid dienone is 2. The Morgan fingerprint density at radius 1 is 1.19 bits per heavy atom. The van der Waals surface area contributed by atoms with Gasteiger partial charge >= 0.3 is 6.03 Å². The van der Waals surface area contributed by atoms with Gasteiger partial charge in [0.1, 0.15) is 11.5 Å². The van der Waals surface area contributed by atoms with Gasteiger partial charge in [-0.25, -0.2) is 4.79 Å². The summed E-state index contributed by atoms with van der Waals surface area (Å²) < 4.78 is 11.0. The number of urea groups is 1. The Hall–Kier alpha value is -3.20. The van der Waals surface area contributed by atoms with Crippen LogP contribution in [0.4, 0.5) is 9.80 Å². The van der Waals surface area contributed by atoms with Gasteiger partial charge in [0.25, 0.3) is 0 Å². The molecule has 3 rings (SSSR count). The van der Waals surface area contributed by atoms with E-state index in [4.69, 9.17) is 9.47 Å². The number of benzene rings is 1. The summed E-state index contributed by atoms with van der Waals surface area (Å²) in [5.74, 6) is 1.63. The van der Waals surface area contributed by atoms with Crippen molar-refractivity contribution in [2.24, 2.45) is 0 Å². The zero-order chi connectivity index (χ0) is 27.0. The van der Waals surface area contributed by atoms with E-state index in [1.54, 1.807) is 19.1 Å². The molecule has 0 bridgehead atoms. The fraction of sp³-hybridized carbons (Fsp3) is 0.500. The molecule has 0 fully saturated rings. The highest BCUT2D eigenvalue weighted by atomic mass is 32.1. The van der Waals surface area contributed by atoms with Gasteiger partial charge in [-0.2, -0.15) is 0 Å². The quantitative estimate of drug-likeness (QED) is 0.321. The molecule has 2 aromatic rings. The van der Waals surface area contributed by atoms with Crippen molar-refractivity contribution in [3.8, 4) is 11.5 Å². The highest BCUT2D eigenvalue weighted by Crippen LogP contribution is 2.31. The van der Waals surface area contributed by atoms with Crippen LogP contribution in [0.5, 0.6) is 11.5 Å². The Kier molecular flexibility index (Phi) is 13.4. The topological polar surface area (TPSA) is 83.1 Å². The third kappa shape index (κ3) is 9.31. The zero-order valence-corrected chi connectivity index (χ0v) is 23.7. The first kappa shape index (κ1) is 30.0. The molecule has 3 amide bonds. The van der Waals surface area contributed by atoms with Gasteiger partial charge in [-0.3, -0.25) is 10.1 Å². The average molecular weight is 533 g/mol. The number of hydrogen-bond donors (Lipinski definition) is 2. The van der Waals surface area contributed by atoms with Crippen molar-refractivity contribution in [3.05, 3.63) is 52.5 Å². The van der Waals surface area contributed by atoms with E-state index in [-0.39, 0.29) is 7.46 Å². The molecule has 0 aliphatic carbocycles. The van der Waals surface area contributed by atoms with E-state index in [0.717, 1.165) is 48.6 Å². The van der Waals surface area contributed by atoms with E-state index in [0.29, 0.717) is 32.7 Å². The van der Waals surface area contributed by atoms with Gasteiger partial charge in [0, 0.05) is 51.5 Å². The van der Waals surface area contributed by atoms with Crippen LogP contribution in [0.1, 0.15) is 52.6 Å². The van der Waals surface area contributed by atoms with Crippen LogP contribution in [-0.4, -0.2) is 62.6 Å². The number of methoxy groups -OCH3 is 2. The minimum atomic E-state index is -0.103. The molecule has 8 nitrogen and oxygen atoms in total. The maximum Gasteiger partial charge on any atom is 0.322 e. The number of nitrogens with zero attached hydrogens (tertiary/aromatic N) is 2. The Balaban J connectivity index is 0.00000235. The van der Waals surface area contributed by atoms with E-state index in [2.05, 4.69) is 22.8 Å². The van der Waals surface area contributed by atoms with Gasteiger partial charge in [0.05, 0.1) is 19.2 Å². The minimum absolute atomic E-state index is 0. The maximum absolute atomic E-state index is 12.9. The lowest BCUT2D eigenvalue weighted by Gasteiger charge is -2.24. The molecule has 0 unspecified atom stereocenters. The summed E-state index contributed by atoms with van der Waals surface area (Å²) >= 11 is 1.50. The monoisotopic (exact) mass is 532 g/mol. The maximum atomic E-state index is 12.9. The van der Waals surface area contributed by atoms with Gasteiger partial charge < -0.3 is 24.6 Å². The number of anilines is 1. The van der Waals surface area contributed by atoms with E-state index in [1.807, 2.05) is 49.3 Å². The van der Waals surface area contributed by atoms with Gasteiger partial charge in [0.15, 0.2) is 0 Å². The van der Waals surface area contributed by atoms with E-state index < -0.39 is 0 Å². The largest absolute Gasteiger partial charge is 0.497 e. The van der Waals surface area contributed by atoms with Crippen molar-refractivity contribution in [1.29, 1.82) is 0 Å². The zero-order valence-electron chi connectivity index (χ0n) is 22.8. The fourth-order valence-corrected chi connectivity index (χ4v) is 4.73. The smallest absolute Gasteiger partial charge is 0.322 e. The summed E-state index contributed by atoms with van der Waals surface area (Å²) in [5, 5.41) is 9.30. The van der Waals surface area contributed by atoms with Crippen molar-refractivity contribution in [1.82, 2.24) is 15.1 Å². The molecule has 1 aliphatic rings. The highest BCUT2D eigenvalue weighted by molar-refractivity contribution is 7.14. The predicted octanol–water partition coefficient (Wildman–Crippen LogP) is 5.75. The number of amides is 3. The Morgan fingerprint density at radius 2 is 1.97 bits per heavy atom. The number of carbonyl (C=O) groups is 2. The second kappa shape index (κ2) is 16.5. The Morgan fingerprint density at radius 3 is 2.62 bits per heavy atom. The van der Waals surface area contributed by atoms with Gasteiger partial charge in [-0.15, -0.1) is 11.3 Å². The number of rotatable bonds is 13. The van der Waals surface area contributed by atoms with Crippen LogP contribution in [-0.2, 0) is 17.8 Å². The number of nitrogens with one attached hydrogen (secondary N) is 2. The number of ether oxygens (including phenoxy) is 2. The molecule has 0 saturated carbocycles. The standard InChI is InChI=1S/C26H36N4O4S.C2H6.H2/c1-4-29(19-31)12-7-14-30(26(32)28-25-9-6-15-35-25)13-5-8-21-10-11-23-20(18-27-21)16-22(33-2)17-24(23)34-3;1-2;/h6,9-10,15-17,19,27H,4-5,7-8,11-14,18H2,1-3H3,(H,28,32);1-2H3;1H. The van der Waals surface area contributed by atoms with Crippen LogP contribution in [0.15, 0.2) is 41.4 Å². The van der Waals surface area contributed by atoms with Crippen molar-refractivity contribution >= 4 is 28.8 Å². The summed E-state index contributed by atoms with van der Waals surface area (Å²) in [6, 6.07) is 7.69. The van der Waals surface area contributed by atoms with E-state index in [9.17, 15) is 9.59 Å². The van der Waals surface area contributed by atoms with Crippen LogP contribution in [0.3, 0.4) is 0 Å². The lowest BCUT2D eigenvalue weighted by atomic mass is 10.0. The molecular formula is C28H44N4O4S. The Labute approximate surface area is 227 Å². The van der Waals surface area contributed by atoms with Gasteiger partial charge in [-0.05, 0) is 61.7 Å². The lowest BCUT2D eigenvalue weighted by molar-refractivity contribution is -0.118. The number of fused-ring (bicyclic) bond motifs is 1. The molecule has 1 aromatic carbocycles. The van der Waals surface area contributed by atoms with Crippen molar-refractivity contribution < 1.29 is 20.5 Å². The normalized spacial score (nSPS) is 12.0. The molecule has 1 aromatic heterocycles. The molecule has 1 aliphatic heterocycles. The van der Waals surface area contributed by atoms with Crippen molar-refractivity contribution in [3.63, 3.8) is 0 Å². The first-order valence-electron chi connectivity index (χ1n) is 13.0. The summed E-state index contributed by atoms with van der Waals surface area (Å²) in [5.41, 5.74) is 3.50. The summed E-state index contributed by atoms with van der Waals surface area (Å²) in [6.45, 7) is 9.19. The molecule has 0 spiro atoms. The van der Waals surface area contributed by atoms with Crippen molar-refractivity contribution in [2.75, 3.05) is 45.7 Å². The third-order valence-electron chi connectivity index (χ3n) is 6.13. The lowest BCUT2D eigenvalue weighted by Crippen LogP contribution is -2.38. The summed E-state index contributed by atoms with van der Waals surface area (Å²) in [4.78, 5) is 27.6. The second-order valence-corrected chi connectivity index (χ2v) is 9.29. The van der Waals surface area contributed by atoms with Crippen LogP contribution in [0.2, 0.25) is 0 Å². The van der Waals surface area contributed by atoms with Crippen LogP contribution >= 0.6 is 11.3 Å². The van der Waals surface area contributed by atoms with E-state index >= 15 is 0 Å². The number of hydrogen-bond acceptors (Lipinski definition) is 6. The molecular weight excluding hydrogens is 488 g/mol. The second-order valence-electron chi connectivity index (χ2n) is 8.34. The molecule has 0 atom stereocenters. The third-order valence-corrected chi connectivity index (χ3v) is 6.92.